The molecule has 1 aliphatic heterocycles. The second-order valence-electron chi connectivity index (χ2n) is 6.26. The highest BCUT2D eigenvalue weighted by Crippen LogP contribution is 2.30. The molecule has 142 valence electrons. The number of ether oxygens (including phenoxy) is 1. The molecule has 8 heteroatoms. The van der Waals surface area contributed by atoms with Crippen LogP contribution in [-0.2, 0) is 19.6 Å². The molecule has 1 aliphatic rings. The summed E-state index contributed by atoms with van der Waals surface area (Å²) in [6, 6.07) is 11.8. The summed E-state index contributed by atoms with van der Waals surface area (Å²) in [5, 5.41) is 2.70. The number of sulfonamides is 1. The molecule has 27 heavy (non-hydrogen) atoms. The van der Waals surface area contributed by atoms with Crippen LogP contribution in [0.25, 0.3) is 0 Å². The second-order valence-corrected chi connectivity index (χ2v) is 8.07. The monoisotopic (exact) mass is 388 g/mol. The maximum absolute atomic E-state index is 12.9. The quantitative estimate of drug-likeness (QED) is 0.849. The van der Waals surface area contributed by atoms with E-state index < -0.39 is 27.9 Å². The van der Waals surface area contributed by atoms with E-state index in [2.05, 4.69) is 5.32 Å². The first kappa shape index (κ1) is 18.9. The van der Waals surface area contributed by atoms with Gasteiger partial charge in [-0.2, -0.15) is 0 Å². The average Bonchev–Trinajstić information content (AvgIpc) is 3.05. The van der Waals surface area contributed by atoms with E-state index in [9.17, 15) is 18.0 Å². The van der Waals surface area contributed by atoms with Crippen molar-refractivity contribution in [2.24, 2.45) is 0 Å². The predicted molar refractivity (Wildman–Crippen MR) is 99.9 cm³/mol. The van der Waals surface area contributed by atoms with Gasteiger partial charge < -0.3 is 10.1 Å². The third-order valence-electron chi connectivity index (χ3n) is 4.38. The van der Waals surface area contributed by atoms with Crippen molar-refractivity contribution in [2.45, 2.75) is 30.7 Å². The summed E-state index contributed by atoms with van der Waals surface area (Å²) in [6.45, 7) is 1.86. The van der Waals surface area contributed by atoms with Crippen LogP contribution in [0.1, 0.15) is 18.4 Å². The lowest BCUT2D eigenvalue weighted by molar-refractivity contribution is -0.128. The van der Waals surface area contributed by atoms with E-state index in [1.807, 2.05) is 13.0 Å². The molecule has 0 aromatic heterocycles. The fourth-order valence-electron chi connectivity index (χ4n) is 3.04. The van der Waals surface area contributed by atoms with Crippen LogP contribution in [0.3, 0.4) is 0 Å². The Bertz CT molecular complexity index is 973. The maximum Gasteiger partial charge on any atom is 0.267 e. The van der Waals surface area contributed by atoms with Gasteiger partial charge in [-0.3, -0.25) is 9.59 Å². The molecule has 1 fully saturated rings. The predicted octanol–water partition coefficient (Wildman–Crippen LogP) is 2.32. The van der Waals surface area contributed by atoms with Crippen LogP contribution < -0.4 is 10.1 Å². The minimum atomic E-state index is -4.11. The summed E-state index contributed by atoms with van der Waals surface area (Å²) in [6.07, 6.45) is 0.125. The van der Waals surface area contributed by atoms with Crippen molar-refractivity contribution < 1.29 is 22.7 Å². The minimum absolute atomic E-state index is 0.00486. The topological polar surface area (TPSA) is 92.8 Å². The highest BCUT2D eigenvalue weighted by molar-refractivity contribution is 7.89. The second kappa shape index (κ2) is 7.40. The molecule has 1 heterocycles. The molecule has 2 aromatic carbocycles. The number of carbonyl (C=O) groups is 2. The number of hydrogen-bond acceptors (Lipinski definition) is 5. The van der Waals surface area contributed by atoms with Crippen molar-refractivity contribution >= 4 is 27.5 Å². The number of amides is 2. The third kappa shape index (κ3) is 3.66. The van der Waals surface area contributed by atoms with Gasteiger partial charge in [0.1, 0.15) is 11.8 Å². The van der Waals surface area contributed by atoms with Gasteiger partial charge in [-0.15, -0.1) is 0 Å². The van der Waals surface area contributed by atoms with E-state index in [1.165, 1.54) is 19.2 Å². The number of benzene rings is 2. The molecule has 0 bridgehead atoms. The molecule has 0 saturated carbocycles. The van der Waals surface area contributed by atoms with Crippen LogP contribution in [0.15, 0.2) is 53.4 Å². The van der Waals surface area contributed by atoms with Gasteiger partial charge in [0.15, 0.2) is 0 Å². The molecule has 1 N–H and O–H groups in total. The molecule has 3 rings (SSSR count). The van der Waals surface area contributed by atoms with Crippen LogP contribution >= 0.6 is 0 Å². The fourth-order valence-corrected chi connectivity index (χ4v) is 4.67. The molecule has 2 aromatic rings. The number of rotatable bonds is 5. The van der Waals surface area contributed by atoms with Crippen molar-refractivity contribution in [1.82, 2.24) is 4.31 Å². The number of hydrogen-bond donors (Lipinski definition) is 1. The van der Waals surface area contributed by atoms with Crippen LogP contribution in [0.5, 0.6) is 5.75 Å². The maximum atomic E-state index is 12.9. The van der Waals surface area contributed by atoms with E-state index in [1.54, 1.807) is 30.3 Å². The summed E-state index contributed by atoms with van der Waals surface area (Å²) >= 11 is 0. The van der Waals surface area contributed by atoms with Crippen LogP contribution in [0, 0.1) is 6.92 Å². The fraction of sp³-hybridized carbons (Fsp3) is 0.263. The van der Waals surface area contributed by atoms with E-state index >= 15 is 0 Å². The van der Waals surface area contributed by atoms with Crippen molar-refractivity contribution in [3.8, 4) is 5.75 Å². The zero-order valence-electron chi connectivity index (χ0n) is 15.0. The van der Waals surface area contributed by atoms with E-state index in [4.69, 9.17) is 4.74 Å². The van der Waals surface area contributed by atoms with Gasteiger partial charge >= 0.3 is 0 Å². The Hall–Kier alpha value is -2.87. The molecular weight excluding hydrogens is 368 g/mol. The highest BCUT2D eigenvalue weighted by atomic mass is 32.2. The highest BCUT2D eigenvalue weighted by Gasteiger charge is 2.44. The summed E-state index contributed by atoms with van der Waals surface area (Å²) in [5.41, 5.74) is 1.33. The molecule has 0 unspecified atom stereocenters. The lowest BCUT2D eigenvalue weighted by Crippen LogP contribution is -2.45. The van der Waals surface area contributed by atoms with Crippen LogP contribution in [-0.4, -0.2) is 37.7 Å². The van der Waals surface area contributed by atoms with Crippen molar-refractivity contribution in [3.63, 3.8) is 0 Å². The van der Waals surface area contributed by atoms with Gasteiger partial charge in [0.2, 0.25) is 11.8 Å². The molecule has 1 saturated heterocycles. The third-order valence-corrected chi connectivity index (χ3v) is 6.22. The zero-order chi connectivity index (χ0) is 19.6. The first-order chi connectivity index (χ1) is 12.8. The van der Waals surface area contributed by atoms with Crippen molar-refractivity contribution in [1.29, 1.82) is 0 Å². The first-order valence-corrected chi connectivity index (χ1v) is 9.86. The van der Waals surface area contributed by atoms with Gasteiger partial charge in [0, 0.05) is 6.42 Å². The molecule has 0 aliphatic carbocycles. The first-order valence-electron chi connectivity index (χ1n) is 8.42. The van der Waals surface area contributed by atoms with Gasteiger partial charge in [-0.25, -0.2) is 12.7 Å². The molecule has 1 atom stereocenters. The normalized spacial score (nSPS) is 17.0. The average molecular weight is 388 g/mol. The van der Waals surface area contributed by atoms with Crippen molar-refractivity contribution in [2.75, 3.05) is 12.4 Å². The zero-order valence-corrected chi connectivity index (χ0v) is 15.8. The summed E-state index contributed by atoms with van der Waals surface area (Å²) < 4.78 is 31.7. The van der Waals surface area contributed by atoms with Crippen LogP contribution in [0.2, 0.25) is 0 Å². The van der Waals surface area contributed by atoms with Crippen LogP contribution in [0.4, 0.5) is 5.69 Å². The Balaban J connectivity index is 1.91. The molecular formula is C19H20N2O5S. The number of aryl methyl sites for hydroxylation is 1. The summed E-state index contributed by atoms with van der Waals surface area (Å²) in [4.78, 5) is 25.1. The van der Waals surface area contributed by atoms with Gasteiger partial charge in [-0.1, -0.05) is 24.3 Å². The number of methoxy groups -OCH3 is 1. The van der Waals surface area contributed by atoms with E-state index in [0.29, 0.717) is 15.7 Å². The molecule has 2 amide bonds. The SMILES string of the molecule is COc1ccc(C)cc1NC(=O)[C@H]1CCC(=O)N1S(=O)(=O)c1ccccc1. The smallest absolute Gasteiger partial charge is 0.267 e. The lowest BCUT2D eigenvalue weighted by atomic mass is 10.1. The summed E-state index contributed by atoms with van der Waals surface area (Å²) in [7, 11) is -2.63. The number of carbonyl (C=O) groups excluding carboxylic acids is 2. The minimum Gasteiger partial charge on any atom is -0.495 e. The number of nitrogens with one attached hydrogen (secondary N) is 1. The Labute approximate surface area is 158 Å². The molecule has 7 nitrogen and oxygen atoms in total. The standard InChI is InChI=1S/C19H20N2O5S/c1-13-8-10-17(26-2)15(12-13)20-19(23)16-9-11-18(22)21(16)27(24,25)14-6-4-3-5-7-14/h3-8,10,12,16H,9,11H2,1-2H3,(H,20,23)/t16-/m1/s1. The summed E-state index contributed by atoms with van der Waals surface area (Å²) in [5.74, 6) is -0.699. The molecule has 0 radical (unpaired) electrons. The Kier molecular flexibility index (Phi) is 5.18. The van der Waals surface area contributed by atoms with E-state index in [0.717, 1.165) is 5.56 Å². The number of anilines is 1. The van der Waals surface area contributed by atoms with E-state index in [-0.39, 0.29) is 17.7 Å². The Morgan fingerprint density at radius 1 is 1.19 bits per heavy atom. The number of nitrogens with zero attached hydrogens (tertiary/aromatic N) is 1. The largest absolute Gasteiger partial charge is 0.495 e. The van der Waals surface area contributed by atoms with Crippen molar-refractivity contribution in [3.05, 3.63) is 54.1 Å². The van der Waals surface area contributed by atoms with Gasteiger partial charge in [0.05, 0.1) is 17.7 Å². The molecule has 0 spiro atoms. The lowest BCUT2D eigenvalue weighted by Gasteiger charge is -2.24. The van der Waals surface area contributed by atoms with Gasteiger partial charge in [-0.05, 0) is 43.2 Å². The Morgan fingerprint density at radius 2 is 1.89 bits per heavy atom. The Morgan fingerprint density at radius 3 is 2.56 bits per heavy atom. The van der Waals surface area contributed by atoms with Gasteiger partial charge in [0.25, 0.3) is 10.0 Å².